The van der Waals surface area contributed by atoms with E-state index >= 15 is 0 Å². The van der Waals surface area contributed by atoms with Crippen LogP contribution >= 0.6 is 0 Å². The standard InChI is InChI=1S/C6H10N4O2/c1-3-4(2-5(11)8-7)6(12)10-9-3/h4H,2,7H2,1H3,(H,8,11)(H,10,12)/t4-/m0/s1. The first-order chi connectivity index (χ1) is 5.65. The predicted molar refractivity (Wildman–Crippen MR) is 41.7 cm³/mol. The molecule has 0 aliphatic carbocycles. The van der Waals surface area contributed by atoms with Crippen molar-refractivity contribution in [3.8, 4) is 0 Å². The van der Waals surface area contributed by atoms with E-state index in [1.54, 1.807) is 6.92 Å². The number of hydrogen-bond donors (Lipinski definition) is 3. The summed E-state index contributed by atoms with van der Waals surface area (Å²) in [4.78, 5) is 21.8. The number of hydrogen-bond acceptors (Lipinski definition) is 4. The summed E-state index contributed by atoms with van der Waals surface area (Å²) in [6.07, 6.45) is 0.0532. The molecule has 66 valence electrons. The average molecular weight is 170 g/mol. The van der Waals surface area contributed by atoms with Crippen LogP contribution in [-0.2, 0) is 9.59 Å². The summed E-state index contributed by atoms with van der Waals surface area (Å²) in [6, 6.07) is 0. The van der Waals surface area contributed by atoms with Crippen LogP contribution in [0.25, 0.3) is 0 Å². The highest BCUT2D eigenvalue weighted by Crippen LogP contribution is 2.10. The lowest BCUT2D eigenvalue weighted by atomic mass is 10.0. The van der Waals surface area contributed by atoms with Crippen LogP contribution in [-0.4, -0.2) is 17.5 Å². The van der Waals surface area contributed by atoms with Crippen LogP contribution in [0.3, 0.4) is 0 Å². The maximum absolute atomic E-state index is 11.0. The molecule has 6 heteroatoms. The van der Waals surface area contributed by atoms with Crippen LogP contribution in [0.5, 0.6) is 0 Å². The van der Waals surface area contributed by atoms with Crippen LogP contribution in [0, 0.1) is 5.92 Å². The van der Waals surface area contributed by atoms with Crippen molar-refractivity contribution in [3.63, 3.8) is 0 Å². The molecule has 12 heavy (non-hydrogen) atoms. The zero-order valence-corrected chi connectivity index (χ0v) is 6.63. The molecule has 0 aromatic heterocycles. The van der Waals surface area contributed by atoms with Crippen LogP contribution < -0.4 is 16.7 Å². The van der Waals surface area contributed by atoms with Gasteiger partial charge >= 0.3 is 0 Å². The van der Waals surface area contributed by atoms with Gasteiger partial charge in [-0.05, 0) is 6.92 Å². The van der Waals surface area contributed by atoms with Gasteiger partial charge in [0.15, 0.2) is 0 Å². The lowest BCUT2D eigenvalue weighted by Crippen LogP contribution is -2.35. The molecule has 6 nitrogen and oxygen atoms in total. The molecule has 1 aliphatic rings. The first-order valence-electron chi connectivity index (χ1n) is 3.48. The molecule has 2 amide bonds. The molecule has 1 atom stereocenters. The van der Waals surface area contributed by atoms with Crippen LogP contribution in [0.4, 0.5) is 0 Å². The van der Waals surface area contributed by atoms with Gasteiger partial charge in [0, 0.05) is 12.1 Å². The third-order valence-corrected chi connectivity index (χ3v) is 1.71. The molecule has 4 N–H and O–H groups in total. The van der Waals surface area contributed by atoms with Crippen molar-refractivity contribution in [2.45, 2.75) is 13.3 Å². The summed E-state index contributed by atoms with van der Waals surface area (Å²) in [7, 11) is 0. The highest BCUT2D eigenvalue weighted by molar-refractivity contribution is 6.08. The van der Waals surface area contributed by atoms with Crippen molar-refractivity contribution < 1.29 is 9.59 Å². The van der Waals surface area contributed by atoms with Crippen molar-refractivity contribution >= 4 is 17.5 Å². The molecule has 0 unspecified atom stereocenters. The van der Waals surface area contributed by atoms with E-state index in [-0.39, 0.29) is 18.2 Å². The highest BCUT2D eigenvalue weighted by Gasteiger charge is 2.28. The molecular formula is C6H10N4O2. The molecular weight excluding hydrogens is 160 g/mol. The van der Waals surface area contributed by atoms with E-state index < -0.39 is 5.92 Å². The predicted octanol–water partition coefficient (Wildman–Crippen LogP) is -1.51. The van der Waals surface area contributed by atoms with Gasteiger partial charge in [-0.15, -0.1) is 0 Å². The number of carbonyl (C=O) groups is 2. The third kappa shape index (κ3) is 1.59. The summed E-state index contributed by atoms with van der Waals surface area (Å²) in [5.41, 5.74) is 4.85. The minimum absolute atomic E-state index is 0.0532. The normalized spacial score (nSPS) is 21.7. The SMILES string of the molecule is CC1=NNC(=O)[C@H]1CC(=O)NN. The Morgan fingerprint density at radius 1 is 1.83 bits per heavy atom. The summed E-state index contributed by atoms with van der Waals surface area (Å²) in [5, 5.41) is 3.68. The van der Waals surface area contributed by atoms with Crippen molar-refractivity contribution in [1.29, 1.82) is 0 Å². The van der Waals surface area contributed by atoms with Gasteiger partial charge in [0.2, 0.25) is 11.8 Å². The number of rotatable bonds is 2. The lowest BCUT2D eigenvalue weighted by molar-refractivity contribution is -0.127. The average Bonchev–Trinajstić information content (AvgIpc) is 2.35. The Morgan fingerprint density at radius 2 is 2.50 bits per heavy atom. The smallest absolute Gasteiger partial charge is 0.249 e. The number of carbonyl (C=O) groups excluding carboxylic acids is 2. The second-order valence-electron chi connectivity index (χ2n) is 2.55. The quantitative estimate of drug-likeness (QED) is 0.267. The summed E-state index contributed by atoms with van der Waals surface area (Å²) < 4.78 is 0. The van der Waals surface area contributed by atoms with Gasteiger partial charge in [0.1, 0.15) is 0 Å². The third-order valence-electron chi connectivity index (χ3n) is 1.71. The molecule has 0 aromatic rings. The van der Waals surface area contributed by atoms with E-state index in [1.165, 1.54) is 0 Å². The van der Waals surface area contributed by atoms with Gasteiger partial charge in [0.25, 0.3) is 0 Å². The molecule has 1 aliphatic heterocycles. The van der Waals surface area contributed by atoms with Crippen LogP contribution in [0.1, 0.15) is 13.3 Å². The zero-order valence-electron chi connectivity index (χ0n) is 6.63. The molecule has 1 heterocycles. The number of amides is 2. The second kappa shape index (κ2) is 3.31. The van der Waals surface area contributed by atoms with Crippen molar-refractivity contribution in [3.05, 3.63) is 0 Å². The minimum atomic E-state index is -0.464. The maximum atomic E-state index is 11.0. The maximum Gasteiger partial charge on any atom is 0.249 e. The zero-order chi connectivity index (χ0) is 9.14. The van der Waals surface area contributed by atoms with Crippen LogP contribution in [0.15, 0.2) is 5.10 Å². The molecule has 0 saturated heterocycles. The van der Waals surface area contributed by atoms with Crippen molar-refractivity contribution in [2.24, 2.45) is 16.9 Å². The Kier molecular flexibility index (Phi) is 2.39. The van der Waals surface area contributed by atoms with Crippen molar-refractivity contribution in [1.82, 2.24) is 10.9 Å². The van der Waals surface area contributed by atoms with Gasteiger partial charge in [-0.1, -0.05) is 0 Å². The molecule has 0 radical (unpaired) electrons. The molecule has 0 aromatic carbocycles. The van der Waals surface area contributed by atoms with Gasteiger partial charge in [-0.25, -0.2) is 11.3 Å². The van der Waals surface area contributed by atoms with E-state index in [9.17, 15) is 9.59 Å². The lowest BCUT2D eigenvalue weighted by Gasteiger charge is -2.04. The summed E-state index contributed by atoms with van der Waals surface area (Å²) >= 11 is 0. The Morgan fingerprint density at radius 3 is 2.92 bits per heavy atom. The molecule has 0 saturated carbocycles. The van der Waals surface area contributed by atoms with E-state index in [4.69, 9.17) is 5.84 Å². The van der Waals surface area contributed by atoms with E-state index in [0.717, 1.165) is 0 Å². The number of hydrazone groups is 1. The fourth-order valence-electron chi connectivity index (χ4n) is 0.974. The number of nitrogens with zero attached hydrogens (tertiary/aromatic N) is 1. The largest absolute Gasteiger partial charge is 0.294 e. The fraction of sp³-hybridized carbons (Fsp3) is 0.500. The number of nitrogens with two attached hydrogens (primary N) is 1. The minimum Gasteiger partial charge on any atom is -0.294 e. The summed E-state index contributed by atoms with van der Waals surface area (Å²) in [6.45, 7) is 1.69. The van der Waals surface area contributed by atoms with Crippen LogP contribution in [0.2, 0.25) is 0 Å². The molecule has 0 fully saturated rings. The molecule has 1 rings (SSSR count). The summed E-state index contributed by atoms with van der Waals surface area (Å²) in [5.74, 6) is 3.78. The number of hydrazine groups is 1. The van der Waals surface area contributed by atoms with E-state index in [0.29, 0.717) is 5.71 Å². The monoisotopic (exact) mass is 170 g/mol. The Labute approximate surface area is 69.2 Å². The fourth-order valence-corrected chi connectivity index (χ4v) is 0.974. The van der Waals surface area contributed by atoms with Gasteiger partial charge < -0.3 is 0 Å². The Balaban J connectivity index is 2.57. The van der Waals surface area contributed by atoms with Gasteiger partial charge in [-0.3, -0.25) is 15.0 Å². The highest BCUT2D eigenvalue weighted by atomic mass is 16.2. The van der Waals surface area contributed by atoms with E-state index in [2.05, 4.69) is 10.5 Å². The van der Waals surface area contributed by atoms with Crippen molar-refractivity contribution in [2.75, 3.05) is 0 Å². The van der Waals surface area contributed by atoms with E-state index in [1.807, 2.05) is 5.43 Å². The molecule has 0 bridgehead atoms. The second-order valence-corrected chi connectivity index (χ2v) is 2.55. The first kappa shape index (κ1) is 8.66. The Bertz CT molecular complexity index is 248. The topological polar surface area (TPSA) is 96.6 Å². The van der Waals surface area contributed by atoms with Gasteiger partial charge in [-0.2, -0.15) is 5.10 Å². The molecule has 0 spiro atoms. The number of nitrogens with one attached hydrogen (secondary N) is 2. The van der Waals surface area contributed by atoms with Gasteiger partial charge in [0.05, 0.1) is 5.92 Å². The first-order valence-corrected chi connectivity index (χ1v) is 3.48. The Hall–Kier alpha value is -1.43.